The van der Waals surface area contributed by atoms with E-state index in [1.165, 1.54) is 0 Å². The van der Waals surface area contributed by atoms with Gasteiger partial charge in [0.2, 0.25) is 0 Å². The molecule has 0 aliphatic rings. The minimum atomic E-state index is -1.57. The Bertz CT molecular complexity index is 144. The molecule has 1 nitrogen and oxygen atoms in total. The zero-order valence-electron chi connectivity index (χ0n) is 8.31. The summed E-state index contributed by atoms with van der Waals surface area (Å²) in [6.45, 7) is 14.6. The van der Waals surface area contributed by atoms with Gasteiger partial charge < -0.3 is 5.11 Å². The highest BCUT2D eigenvalue weighted by Gasteiger charge is 2.39. The van der Waals surface area contributed by atoms with Crippen molar-refractivity contribution >= 4 is 8.07 Å². The number of hydrogen-bond donors (Lipinski definition) is 1. The molecule has 0 saturated carbocycles. The second-order valence-corrected chi connectivity index (χ2v) is 10.2. The van der Waals surface area contributed by atoms with Gasteiger partial charge in [-0.15, -0.1) is 6.58 Å². The molecule has 0 aliphatic carbocycles. The van der Waals surface area contributed by atoms with Gasteiger partial charge in [-0.2, -0.15) is 0 Å². The predicted octanol–water partition coefficient (Wildman–Crippen LogP) is 2.58. The van der Waals surface area contributed by atoms with Crippen LogP contribution in [0.2, 0.25) is 18.1 Å². The molecule has 0 aromatic heterocycles. The molecule has 0 amide bonds. The number of aliphatic hydroxyl groups excluding tert-OH is 1. The second kappa shape index (κ2) is 3.11. The van der Waals surface area contributed by atoms with Crippen LogP contribution in [0.25, 0.3) is 0 Å². The zero-order valence-corrected chi connectivity index (χ0v) is 9.31. The Morgan fingerprint density at radius 2 is 1.73 bits per heavy atom. The monoisotopic (exact) mass is 172 g/mol. The summed E-state index contributed by atoms with van der Waals surface area (Å²) in [4.78, 5) is 0. The zero-order chi connectivity index (χ0) is 9.28. The van der Waals surface area contributed by atoms with Gasteiger partial charge in [0.25, 0.3) is 0 Å². The molecule has 0 bridgehead atoms. The van der Waals surface area contributed by atoms with E-state index in [1.807, 2.05) is 0 Å². The summed E-state index contributed by atoms with van der Waals surface area (Å²) >= 11 is 0. The molecule has 2 heteroatoms. The van der Waals surface area contributed by atoms with E-state index in [0.717, 1.165) is 0 Å². The van der Waals surface area contributed by atoms with E-state index in [-0.39, 0.29) is 10.8 Å². The van der Waals surface area contributed by atoms with Crippen LogP contribution >= 0.6 is 0 Å². The highest BCUT2D eigenvalue weighted by Crippen LogP contribution is 2.38. The van der Waals surface area contributed by atoms with E-state index in [0.29, 0.717) is 0 Å². The molecule has 1 N–H and O–H groups in total. The van der Waals surface area contributed by atoms with Gasteiger partial charge in [0.05, 0.1) is 13.8 Å². The van der Waals surface area contributed by atoms with Gasteiger partial charge in [-0.25, -0.2) is 0 Å². The maximum Gasteiger partial charge on any atom is 0.0913 e. The Kier molecular flexibility index (Phi) is 3.09. The first-order valence-electron chi connectivity index (χ1n) is 4.04. The molecule has 0 aromatic rings. The first-order valence-corrected chi connectivity index (χ1v) is 7.12. The fourth-order valence-corrected chi connectivity index (χ4v) is 2.21. The Morgan fingerprint density at radius 3 is 1.82 bits per heavy atom. The van der Waals surface area contributed by atoms with E-state index < -0.39 is 8.07 Å². The first kappa shape index (κ1) is 10.9. The predicted molar refractivity (Wildman–Crippen MR) is 53.4 cm³/mol. The van der Waals surface area contributed by atoms with Crippen molar-refractivity contribution in [2.45, 2.75) is 44.6 Å². The lowest BCUT2D eigenvalue weighted by Gasteiger charge is -2.39. The van der Waals surface area contributed by atoms with Gasteiger partial charge in [0.15, 0.2) is 0 Å². The highest BCUT2D eigenvalue weighted by atomic mass is 28.3. The van der Waals surface area contributed by atoms with Gasteiger partial charge in [0.1, 0.15) is 0 Å². The molecule has 0 aromatic carbocycles. The van der Waals surface area contributed by atoms with Gasteiger partial charge in [-0.3, -0.25) is 0 Å². The quantitative estimate of drug-likeness (QED) is 0.501. The second-order valence-electron chi connectivity index (χ2n) is 4.65. The van der Waals surface area contributed by atoms with Crippen LogP contribution in [0.1, 0.15) is 20.8 Å². The maximum atomic E-state index is 9.66. The molecule has 0 fully saturated rings. The Morgan fingerprint density at radius 1 is 1.36 bits per heavy atom. The molecule has 66 valence electrons. The third-order valence-electron chi connectivity index (χ3n) is 2.90. The molecule has 0 rings (SSSR count). The van der Waals surface area contributed by atoms with E-state index >= 15 is 0 Å². The van der Waals surface area contributed by atoms with E-state index in [9.17, 15) is 5.11 Å². The Hall–Kier alpha value is -0.0831. The van der Waals surface area contributed by atoms with E-state index in [1.54, 1.807) is 6.08 Å². The van der Waals surface area contributed by atoms with Gasteiger partial charge in [-0.05, 0) is 5.04 Å². The topological polar surface area (TPSA) is 20.2 Å². The summed E-state index contributed by atoms with van der Waals surface area (Å²) in [5.41, 5.74) is -0.289. The van der Waals surface area contributed by atoms with Crippen molar-refractivity contribution in [1.29, 1.82) is 0 Å². The van der Waals surface area contributed by atoms with Crippen molar-refractivity contribution in [3.05, 3.63) is 12.7 Å². The average molecular weight is 172 g/mol. The fraction of sp³-hybridized carbons (Fsp3) is 0.778. The van der Waals surface area contributed by atoms with Crippen molar-refractivity contribution < 1.29 is 5.11 Å². The van der Waals surface area contributed by atoms with Crippen LogP contribution in [0.15, 0.2) is 12.7 Å². The Labute approximate surface area is 71.1 Å². The molecule has 0 spiro atoms. The summed E-state index contributed by atoms with van der Waals surface area (Å²) < 4.78 is 0. The Balaban J connectivity index is 4.58. The van der Waals surface area contributed by atoms with Gasteiger partial charge in [0, 0.05) is 0 Å². The molecule has 0 heterocycles. The largest absolute Gasteiger partial charge is 0.393 e. The van der Waals surface area contributed by atoms with Gasteiger partial charge >= 0.3 is 0 Å². The van der Waals surface area contributed by atoms with Crippen LogP contribution in [0.4, 0.5) is 0 Å². The van der Waals surface area contributed by atoms with Crippen LogP contribution in [0, 0.1) is 0 Å². The minimum absolute atomic E-state index is 0.237. The molecule has 0 saturated heterocycles. The van der Waals surface area contributed by atoms with Crippen molar-refractivity contribution in [2.75, 3.05) is 0 Å². The number of rotatable bonds is 2. The highest BCUT2D eigenvalue weighted by molar-refractivity contribution is 6.81. The van der Waals surface area contributed by atoms with Crippen molar-refractivity contribution in [2.24, 2.45) is 0 Å². The lowest BCUT2D eigenvalue weighted by atomic mass is 10.2. The molecule has 1 unspecified atom stereocenters. The summed E-state index contributed by atoms with van der Waals surface area (Å²) in [7, 11) is -1.57. The summed E-state index contributed by atoms with van der Waals surface area (Å²) in [6, 6.07) is 0. The third kappa shape index (κ3) is 2.17. The number of hydrogen-bond acceptors (Lipinski definition) is 1. The lowest BCUT2D eigenvalue weighted by molar-refractivity contribution is 0.284. The summed E-state index contributed by atoms with van der Waals surface area (Å²) in [5, 5.41) is 9.90. The fourth-order valence-electron chi connectivity index (χ4n) is 0.738. The maximum absolute atomic E-state index is 9.66. The standard InChI is InChI=1S/C9H20OSi/c1-7-8(10)11(5,6)9(2,3)4/h7-8,10H,1H2,2-6H3. The SMILES string of the molecule is C=CC(O)[Si](C)(C)C(C)(C)C. The molecule has 0 aliphatic heterocycles. The smallest absolute Gasteiger partial charge is 0.0913 e. The number of aliphatic hydroxyl groups is 1. The summed E-state index contributed by atoms with van der Waals surface area (Å²) in [5.74, 6) is 0. The van der Waals surface area contributed by atoms with Crippen molar-refractivity contribution in [3.8, 4) is 0 Å². The van der Waals surface area contributed by atoms with Crippen LogP contribution in [-0.4, -0.2) is 18.9 Å². The minimum Gasteiger partial charge on any atom is -0.393 e. The van der Waals surface area contributed by atoms with E-state index in [4.69, 9.17) is 0 Å². The third-order valence-corrected chi connectivity index (χ3v) is 8.48. The normalized spacial score (nSPS) is 16.2. The molecule has 1 atom stereocenters. The van der Waals surface area contributed by atoms with Gasteiger partial charge in [-0.1, -0.05) is 39.9 Å². The van der Waals surface area contributed by atoms with E-state index in [2.05, 4.69) is 40.4 Å². The lowest BCUT2D eigenvalue weighted by Crippen LogP contribution is -2.48. The molecule has 0 radical (unpaired) electrons. The average Bonchev–Trinajstić information content (AvgIpc) is 1.83. The first-order chi connectivity index (χ1) is 4.73. The van der Waals surface area contributed by atoms with Crippen LogP contribution < -0.4 is 0 Å². The summed E-state index contributed by atoms with van der Waals surface area (Å²) in [6.07, 6.45) is 1.66. The van der Waals surface area contributed by atoms with Crippen LogP contribution in [0.5, 0.6) is 0 Å². The molecular weight excluding hydrogens is 152 g/mol. The molecular formula is C9H20OSi. The molecule has 11 heavy (non-hydrogen) atoms. The van der Waals surface area contributed by atoms with Crippen LogP contribution in [0.3, 0.4) is 0 Å². The van der Waals surface area contributed by atoms with Crippen molar-refractivity contribution in [3.63, 3.8) is 0 Å². The van der Waals surface area contributed by atoms with Crippen LogP contribution in [-0.2, 0) is 0 Å². The van der Waals surface area contributed by atoms with Crippen molar-refractivity contribution in [1.82, 2.24) is 0 Å².